The van der Waals surface area contributed by atoms with Crippen molar-refractivity contribution in [1.82, 2.24) is 10.3 Å². The van der Waals surface area contributed by atoms with Crippen molar-refractivity contribution in [3.63, 3.8) is 0 Å². The van der Waals surface area contributed by atoms with Crippen molar-refractivity contribution in [2.75, 3.05) is 0 Å². The second-order valence-electron chi connectivity index (χ2n) is 6.23. The molecule has 1 fully saturated rings. The number of fused-ring (bicyclic) bond motifs is 1. The Labute approximate surface area is 147 Å². The molecule has 0 atom stereocenters. The molecule has 0 aliphatic heterocycles. The third-order valence-electron chi connectivity index (χ3n) is 4.46. The van der Waals surface area contributed by atoms with E-state index in [-0.39, 0.29) is 28.9 Å². The van der Waals surface area contributed by atoms with Gasteiger partial charge in [0.05, 0.1) is 17.1 Å². The van der Waals surface area contributed by atoms with Crippen LogP contribution in [0.1, 0.15) is 36.0 Å². The van der Waals surface area contributed by atoms with Gasteiger partial charge in [-0.2, -0.15) is 14.0 Å². The zero-order valence-electron chi connectivity index (χ0n) is 13.7. The minimum Gasteiger partial charge on any atom is -0.432 e. The number of carbonyl (C=O) groups excluding carboxylic acids is 1. The van der Waals surface area contributed by atoms with Crippen LogP contribution in [0.2, 0.25) is 0 Å². The number of benzene rings is 1. The molecule has 3 rings (SSSR count). The molecule has 136 valence electrons. The van der Waals surface area contributed by atoms with Crippen LogP contribution >= 0.6 is 0 Å². The first-order valence-electron chi connectivity index (χ1n) is 8.21. The molecule has 26 heavy (non-hydrogen) atoms. The zero-order chi connectivity index (χ0) is 18.7. The summed E-state index contributed by atoms with van der Waals surface area (Å²) in [5.74, 6) is -1.84. The van der Waals surface area contributed by atoms with Crippen LogP contribution in [-0.4, -0.2) is 23.5 Å². The minimum atomic E-state index is -3.14. The highest BCUT2D eigenvalue weighted by Crippen LogP contribution is 2.26. The fraction of sp³-hybridized carbons (Fsp3) is 0.389. The molecule has 5 nitrogen and oxygen atoms in total. The summed E-state index contributed by atoms with van der Waals surface area (Å²) in [6.45, 7) is -3.14. The number of nitriles is 1. The number of amides is 1. The Hall–Kier alpha value is -2.82. The molecule has 1 aliphatic rings. The molecular weight excluding hydrogens is 347 g/mol. The number of rotatable bonds is 4. The largest absolute Gasteiger partial charge is 0.432 e. The molecule has 1 aromatic heterocycles. The summed E-state index contributed by atoms with van der Waals surface area (Å²) in [5.41, 5.74) is 0.495. The normalized spacial score (nSPS) is 20.0. The SMILES string of the molecule is N#CC1CCC(NC(=O)c2cnc3cc(OC(F)F)c(F)cc3c2)CC1. The summed E-state index contributed by atoms with van der Waals surface area (Å²) in [7, 11) is 0. The summed E-state index contributed by atoms with van der Waals surface area (Å²) in [6.07, 6.45) is 4.26. The van der Waals surface area contributed by atoms with E-state index < -0.39 is 18.2 Å². The highest BCUT2D eigenvalue weighted by atomic mass is 19.3. The topological polar surface area (TPSA) is 75.0 Å². The van der Waals surface area contributed by atoms with Crippen LogP contribution in [0.3, 0.4) is 0 Å². The molecule has 0 saturated heterocycles. The molecule has 1 amide bonds. The summed E-state index contributed by atoms with van der Waals surface area (Å²) in [4.78, 5) is 16.4. The van der Waals surface area contributed by atoms with Crippen LogP contribution in [0.25, 0.3) is 10.9 Å². The average Bonchev–Trinajstić information content (AvgIpc) is 2.62. The average molecular weight is 363 g/mol. The van der Waals surface area contributed by atoms with Crippen LogP contribution in [0.15, 0.2) is 24.4 Å². The van der Waals surface area contributed by atoms with Gasteiger partial charge in [0.15, 0.2) is 11.6 Å². The van der Waals surface area contributed by atoms with Gasteiger partial charge >= 0.3 is 6.61 Å². The van der Waals surface area contributed by atoms with Gasteiger partial charge < -0.3 is 10.1 Å². The maximum Gasteiger partial charge on any atom is 0.387 e. The fourth-order valence-electron chi connectivity index (χ4n) is 3.08. The van der Waals surface area contributed by atoms with E-state index in [1.807, 2.05) is 0 Å². The van der Waals surface area contributed by atoms with E-state index in [0.29, 0.717) is 5.39 Å². The number of hydrogen-bond acceptors (Lipinski definition) is 4. The van der Waals surface area contributed by atoms with Crippen molar-refractivity contribution in [3.05, 3.63) is 35.8 Å². The standard InChI is InChI=1S/C18H16F3N3O2/c19-14-6-11-5-12(9-23-15(11)7-16(14)26-18(20)21)17(25)24-13-3-1-10(8-22)2-4-13/h5-7,9-10,13,18H,1-4H2,(H,24,25). The molecule has 2 aromatic rings. The van der Waals surface area contributed by atoms with Crippen LogP contribution in [0.4, 0.5) is 13.2 Å². The molecule has 8 heteroatoms. The van der Waals surface area contributed by atoms with Crippen LogP contribution in [-0.2, 0) is 0 Å². The van der Waals surface area contributed by atoms with Gasteiger partial charge in [-0.1, -0.05) is 0 Å². The van der Waals surface area contributed by atoms with Crippen LogP contribution in [0, 0.1) is 23.1 Å². The number of nitrogens with zero attached hydrogens (tertiary/aromatic N) is 2. The summed E-state index contributed by atoms with van der Waals surface area (Å²) < 4.78 is 42.5. The summed E-state index contributed by atoms with van der Waals surface area (Å²) >= 11 is 0. The molecule has 1 saturated carbocycles. The first-order valence-corrected chi connectivity index (χ1v) is 8.21. The van der Waals surface area contributed by atoms with Gasteiger partial charge in [0.2, 0.25) is 0 Å². The first kappa shape index (κ1) is 18.0. The van der Waals surface area contributed by atoms with Crippen LogP contribution < -0.4 is 10.1 Å². The number of pyridine rings is 1. The highest BCUT2D eigenvalue weighted by Gasteiger charge is 2.23. The number of halogens is 3. The second-order valence-corrected chi connectivity index (χ2v) is 6.23. The molecule has 1 heterocycles. The minimum absolute atomic E-state index is 0.0126. The van der Waals surface area contributed by atoms with Gasteiger partial charge in [-0.25, -0.2) is 4.39 Å². The lowest BCUT2D eigenvalue weighted by atomic mass is 9.87. The van der Waals surface area contributed by atoms with Crippen LogP contribution in [0.5, 0.6) is 5.75 Å². The maximum absolute atomic E-state index is 13.8. The lowest BCUT2D eigenvalue weighted by molar-refractivity contribution is -0.0520. The number of alkyl halides is 2. The van der Waals surface area contributed by atoms with E-state index >= 15 is 0 Å². The Balaban J connectivity index is 1.74. The van der Waals surface area contributed by atoms with Gasteiger partial charge in [-0.05, 0) is 37.8 Å². The van der Waals surface area contributed by atoms with Gasteiger partial charge in [0.1, 0.15) is 0 Å². The third kappa shape index (κ3) is 4.04. The van der Waals surface area contributed by atoms with Gasteiger partial charge in [-0.15, -0.1) is 0 Å². The number of hydrogen-bond donors (Lipinski definition) is 1. The van der Waals surface area contributed by atoms with Crippen molar-refractivity contribution >= 4 is 16.8 Å². The predicted octanol–water partition coefficient (Wildman–Crippen LogP) is 3.79. The number of nitrogens with one attached hydrogen (secondary N) is 1. The molecule has 0 unspecified atom stereocenters. The van der Waals surface area contributed by atoms with E-state index in [0.717, 1.165) is 37.8 Å². The van der Waals surface area contributed by atoms with E-state index in [1.165, 1.54) is 12.3 Å². The van der Waals surface area contributed by atoms with Gasteiger partial charge in [-0.3, -0.25) is 9.78 Å². The zero-order valence-corrected chi connectivity index (χ0v) is 13.7. The number of carbonyl (C=O) groups is 1. The monoisotopic (exact) mass is 363 g/mol. The van der Waals surface area contributed by atoms with Gasteiger partial charge in [0, 0.05) is 29.6 Å². The molecule has 0 spiro atoms. The van der Waals surface area contributed by atoms with Crippen molar-refractivity contribution in [2.24, 2.45) is 5.92 Å². The Morgan fingerprint density at radius 3 is 2.65 bits per heavy atom. The Morgan fingerprint density at radius 2 is 2.00 bits per heavy atom. The van der Waals surface area contributed by atoms with E-state index in [9.17, 15) is 18.0 Å². The first-order chi connectivity index (χ1) is 12.5. The van der Waals surface area contributed by atoms with Crippen molar-refractivity contribution in [2.45, 2.75) is 38.3 Å². The molecule has 1 aromatic carbocycles. The van der Waals surface area contributed by atoms with E-state index in [2.05, 4.69) is 21.1 Å². The quantitative estimate of drug-likeness (QED) is 0.897. The third-order valence-corrected chi connectivity index (χ3v) is 4.46. The Bertz CT molecular complexity index is 859. The smallest absolute Gasteiger partial charge is 0.387 e. The number of aromatic nitrogens is 1. The lowest BCUT2D eigenvalue weighted by Crippen LogP contribution is -2.37. The molecule has 0 radical (unpaired) electrons. The lowest BCUT2D eigenvalue weighted by Gasteiger charge is -2.25. The number of ether oxygens (including phenoxy) is 1. The summed E-state index contributed by atoms with van der Waals surface area (Å²) in [5, 5.41) is 12.1. The Morgan fingerprint density at radius 1 is 1.27 bits per heavy atom. The predicted molar refractivity (Wildman–Crippen MR) is 87.2 cm³/mol. The molecule has 1 aliphatic carbocycles. The van der Waals surface area contributed by atoms with E-state index in [4.69, 9.17) is 5.26 Å². The van der Waals surface area contributed by atoms with Crippen molar-refractivity contribution < 1.29 is 22.7 Å². The molecular formula is C18H16F3N3O2. The Kier molecular flexibility index (Phi) is 5.26. The van der Waals surface area contributed by atoms with Crippen molar-refractivity contribution in [1.29, 1.82) is 5.26 Å². The van der Waals surface area contributed by atoms with E-state index in [1.54, 1.807) is 0 Å². The second kappa shape index (κ2) is 7.60. The van der Waals surface area contributed by atoms with Gasteiger partial charge in [0.25, 0.3) is 5.91 Å². The maximum atomic E-state index is 13.8. The fourth-order valence-corrected chi connectivity index (χ4v) is 3.08. The highest BCUT2D eigenvalue weighted by molar-refractivity contribution is 5.97. The van der Waals surface area contributed by atoms with Crippen molar-refractivity contribution in [3.8, 4) is 11.8 Å². The molecule has 0 bridgehead atoms. The molecule has 1 N–H and O–H groups in total. The summed E-state index contributed by atoms with van der Waals surface area (Å²) in [6, 6.07) is 5.76.